The number of nitrogens with zero attached hydrogens (tertiary/aromatic N) is 2. The maximum atomic E-state index is 12.1. The molecule has 0 saturated carbocycles. The summed E-state index contributed by atoms with van der Waals surface area (Å²) in [7, 11) is 0. The van der Waals surface area contributed by atoms with Gasteiger partial charge in [-0.1, -0.05) is 13.8 Å². The van der Waals surface area contributed by atoms with Crippen molar-refractivity contribution < 1.29 is 9.53 Å². The molecule has 1 N–H and O–H groups in total. The van der Waals surface area contributed by atoms with E-state index in [0.717, 1.165) is 39.3 Å². The lowest BCUT2D eigenvalue weighted by Crippen LogP contribution is -2.50. The van der Waals surface area contributed by atoms with Crippen LogP contribution < -0.4 is 5.32 Å². The summed E-state index contributed by atoms with van der Waals surface area (Å²) in [5, 5.41) is 3.34. The van der Waals surface area contributed by atoms with Gasteiger partial charge in [0.05, 0.1) is 25.9 Å². The van der Waals surface area contributed by atoms with Crippen LogP contribution in [-0.2, 0) is 9.53 Å². The van der Waals surface area contributed by atoms with Gasteiger partial charge < -0.3 is 9.64 Å². The third kappa shape index (κ3) is 3.91. The molecule has 0 radical (unpaired) electrons. The second-order valence-corrected chi connectivity index (χ2v) is 6.09. The van der Waals surface area contributed by atoms with Crippen LogP contribution in [0.3, 0.4) is 0 Å². The van der Waals surface area contributed by atoms with Gasteiger partial charge in [-0.3, -0.25) is 15.0 Å². The molecule has 0 spiro atoms. The molecule has 0 bridgehead atoms. The number of rotatable bonds is 5. The molecule has 5 heteroatoms. The number of hydrogen-bond donors (Lipinski definition) is 1. The Labute approximate surface area is 116 Å². The Morgan fingerprint density at radius 3 is 2.63 bits per heavy atom. The Morgan fingerprint density at radius 2 is 2.00 bits per heavy atom. The van der Waals surface area contributed by atoms with E-state index in [1.54, 1.807) is 0 Å². The van der Waals surface area contributed by atoms with Gasteiger partial charge in [-0.2, -0.15) is 0 Å². The second kappa shape index (κ2) is 6.68. The molecule has 0 aromatic carbocycles. The highest BCUT2D eigenvalue weighted by atomic mass is 16.5. The van der Waals surface area contributed by atoms with Crippen LogP contribution in [0, 0.1) is 5.92 Å². The van der Waals surface area contributed by atoms with Gasteiger partial charge in [0.1, 0.15) is 0 Å². The molecule has 1 amide bonds. The number of ether oxygens (including phenoxy) is 1. The van der Waals surface area contributed by atoms with Crippen molar-refractivity contribution in [2.45, 2.75) is 39.4 Å². The van der Waals surface area contributed by atoms with E-state index in [9.17, 15) is 4.79 Å². The van der Waals surface area contributed by atoms with Gasteiger partial charge in [0.25, 0.3) is 0 Å². The van der Waals surface area contributed by atoms with Crippen molar-refractivity contribution in [3.05, 3.63) is 0 Å². The predicted octanol–water partition coefficient (Wildman–Crippen LogP) is 0.511. The van der Waals surface area contributed by atoms with Gasteiger partial charge in [-0.15, -0.1) is 0 Å². The van der Waals surface area contributed by atoms with Crippen LogP contribution in [0.1, 0.15) is 27.2 Å². The van der Waals surface area contributed by atoms with E-state index < -0.39 is 0 Å². The Hall–Kier alpha value is -0.650. The number of morpholine rings is 1. The summed E-state index contributed by atoms with van der Waals surface area (Å²) in [4.78, 5) is 16.5. The molecule has 2 unspecified atom stereocenters. The van der Waals surface area contributed by atoms with Crippen molar-refractivity contribution in [1.29, 1.82) is 0 Å². The van der Waals surface area contributed by atoms with Gasteiger partial charge in [-0.05, 0) is 19.3 Å². The first-order valence-corrected chi connectivity index (χ1v) is 7.42. The minimum atomic E-state index is 0.212. The number of carbonyl (C=O) groups excluding carboxylic acids is 1. The molecule has 2 saturated heterocycles. The lowest BCUT2D eigenvalue weighted by molar-refractivity contribution is -0.130. The van der Waals surface area contributed by atoms with E-state index in [2.05, 4.69) is 35.9 Å². The summed E-state index contributed by atoms with van der Waals surface area (Å²) >= 11 is 0. The van der Waals surface area contributed by atoms with Crippen molar-refractivity contribution in [3.8, 4) is 0 Å². The van der Waals surface area contributed by atoms with E-state index in [1.165, 1.54) is 0 Å². The first kappa shape index (κ1) is 14.8. The molecular formula is C14H27N3O2. The van der Waals surface area contributed by atoms with Gasteiger partial charge in [0.15, 0.2) is 0 Å². The molecule has 2 heterocycles. The minimum Gasteiger partial charge on any atom is -0.379 e. The van der Waals surface area contributed by atoms with Crippen LogP contribution in [-0.4, -0.2) is 67.3 Å². The molecule has 0 aliphatic carbocycles. The van der Waals surface area contributed by atoms with Crippen LogP contribution in [0.5, 0.6) is 0 Å². The van der Waals surface area contributed by atoms with Crippen LogP contribution in [0.2, 0.25) is 0 Å². The molecule has 0 aromatic heterocycles. The summed E-state index contributed by atoms with van der Waals surface area (Å²) in [5.41, 5.74) is 0. The summed E-state index contributed by atoms with van der Waals surface area (Å²) < 4.78 is 5.37. The molecule has 2 aliphatic rings. The Bertz CT molecular complexity index is 303. The van der Waals surface area contributed by atoms with Gasteiger partial charge in [0.2, 0.25) is 5.91 Å². The summed E-state index contributed by atoms with van der Waals surface area (Å²) in [6, 6.07) is 0.268. The number of nitrogens with one attached hydrogen (secondary N) is 1. The minimum absolute atomic E-state index is 0.212. The molecule has 2 atom stereocenters. The Morgan fingerprint density at radius 1 is 1.32 bits per heavy atom. The largest absolute Gasteiger partial charge is 0.379 e. The van der Waals surface area contributed by atoms with Gasteiger partial charge in [-0.25, -0.2) is 0 Å². The van der Waals surface area contributed by atoms with E-state index in [-0.39, 0.29) is 18.1 Å². The van der Waals surface area contributed by atoms with Crippen LogP contribution in [0.25, 0.3) is 0 Å². The lowest BCUT2D eigenvalue weighted by Gasteiger charge is -2.36. The maximum absolute atomic E-state index is 12.1. The van der Waals surface area contributed by atoms with Gasteiger partial charge in [0, 0.05) is 25.7 Å². The van der Waals surface area contributed by atoms with E-state index >= 15 is 0 Å². The zero-order valence-electron chi connectivity index (χ0n) is 12.4. The average molecular weight is 269 g/mol. The van der Waals surface area contributed by atoms with E-state index in [1.807, 2.05) is 0 Å². The highest BCUT2D eigenvalue weighted by molar-refractivity contribution is 5.81. The molecule has 5 nitrogen and oxygen atoms in total. The third-order valence-electron chi connectivity index (χ3n) is 3.91. The average Bonchev–Trinajstić information content (AvgIpc) is 2.71. The highest BCUT2D eigenvalue weighted by Gasteiger charge is 2.34. The quantitative estimate of drug-likeness (QED) is 0.790. The number of amides is 1. The van der Waals surface area contributed by atoms with Crippen LogP contribution >= 0.6 is 0 Å². The van der Waals surface area contributed by atoms with Crippen molar-refractivity contribution in [2.24, 2.45) is 5.92 Å². The monoisotopic (exact) mass is 269 g/mol. The number of hydrogen-bond acceptors (Lipinski definition) is 4. The molecule has 19 heavy (non-hydrogen) atoms. The van der Waals surface area contributed by atoms with Crippen LogP contribution in [0.4, 0.5) is 0 Å². The molecule has 2 aliphatic heterocycles. The summed E-state index contributed by atoms with van der Waals surface area (Å²) in [6.45, 7) is 11.6. The molecule has 0 aromatic rings. The van der Waals surface area contributed by atoms with E-state index in [4.69, 9.17) is 4.74 Å². The zero-order chi connectivity index (χ0) is 13.8. The highest BCUT2D eigenvalue weighted by Crippen LogP contribution is 2.18. The Kier molecular flexibility index (Phi) is 5.19. The predicted molar refractivity (Wildman–Crippen MR) is 74.8 cm³/mol. The fourth-order valence-electron chi connectivity index (χ4n) is 3.01. The third-order valence-corrected chi connectivity index (χ3v) is 3.91. The SMILES string of the molecule is CC(C)CC1NCC(=O)N1C(C)CN1CCOCC1. The maximum Gasteiger partial charge on any atom is 0.238 e. The standard InChI is InChI=1S/C14H27N3O2/c1-11(2)8-13-15-9-14(18)17(13)12(3)10-16-4-6-19-7-5-16/h11-13,15H,4-10H2,1-3H3. The summed E-state index contributed by atoms with van der Waals surface area (Å²) in [5.74, 6) is 0.841. The molecule has 110 valence electrons. The van der Waals surface area contributed by atoms with Crippen molar-refractivity contribution in [2.75, 3.05) is 39.4 Å². The fourth-order valence-corrected chi connectivity index (χ4v) is 3.01. The molecule has 2 fully saturated rings. The van der Waals surface area contributed by atoms with Gasteiger partial charge >= 0.3 is 0 Å². The number of carbonyl (C=O) groups is 1. The topological polar surface area (TPSA) is 44.8 Å². The van der Waals surface area contributed by atoms with Crippen LogP contribution in [0.15, 0.2) is 0 Å². The normalized spacial score (nSPS) is 27.3. The first-order valence-electron chi connectivity index (χ1n) is 7.42. The smallest absolute Gasteiger partial charge is 0.238 e. The fraction of sp³-hybridized carbons (Fsp3) is 0.929. The Balaban J connectivity index is 1.90. The molecule has 2 rings (SSSR count). The van der Waals surface area contributed by atoms with Crippen molar-refractivity contribution >= 4 is 5.91 Å². The molecular weight excluding hydrogens is 242 g/mol. The second-order valence-electron chi connectivity index (χ2n) is 6.09. The zero-order valence-corrected chi connectivity index (χ0v) is 12.4. The summed E-state index contributed by atoms with van der Waals surface area (Å²) in [6.07, 6.45) is 1.24. The van der Waals surface area contributed by atoms with Crippen molar-refractivity contribution in [3.63, 3.8) is 0 Å². The van der Waals surface area contributed by atoms with Crippen molar-refractivity contribution in [1.82, 2.24) is 15.1 Å². The van der Waals surface area contributed by atoms with E-state index in [0.29, 0.717) is 12.5 Å². The lowest BCUT2D eigenvalue weighted by atomic mass is 10.1. The first-order chi connectivity index (χ1) is 9.08.